The van der Waals surface area contributed by atoms with E-state index in [2.05, 4.69) is 15.5 Å². The fourth-order valence-corrected chi connectivity index (χ4v) is 2.84. The van der Waals surface area contributed by atoms with E-state index in [1.165, 1.54) is 17.3 Å². The van der Waals surface area contributed by atoms with Gasteiger partial charge in [-0.2, -0.15) is 4.68 Å². The van der Waals surface area contributed by atoms with Crippen molar-refractivity contribution in [3.63, 3.8) is 0 Å². The van der Waals surface area contributed by atoms with Crippen molar-refractivity contribution in [2.45, 2.75) is 12.1 Å². The summed E-state index contributed by atoms with van der Waals surface area (Å²) >= 11 is 1.33. The first-order valence-electron chi connectivity index (χ1n) is 6.78. The molecule has 0 unspecified atom stereocenters. The Morgan fingerprint density at radius 3 is 2.68 bits per heavy atom. The van der Waals surface area contributed by atoms with E-state index in [1.54, 1.807) is 4.68 Å². The SMILES string of the molecule is Cc1ccc(-n2nnnc2SCC(=O)c2cccn2C)cc1. The van der Waals surface area contributed by atoms with Gasteiger partial charge in [0, 0.05) is 13.2 Å². The Hall–Kier alpha value is -2.41. The molecule has 2 heterocycles. The van der Waals surface area contributed by atoms with E-state index in [0.717, 1.165) is 5.69 Å². The predicted molar refractivity (Wildman–Crippen MR) is 84.4 cm³/mol. The molecule has 0 atom stereocenters. The van der Waals surface area contributed by atoms with Gasteiger partial charge >= 0.3 is 0 Å². The Bertz CT molecular complexity index is 790. The van der Waals surface area contributed by atoms with Gasteiger partial charge in [-0.05, 0) is 41.6 Å². The topological polar surface area (TPSA) is 65.6 Å². The highest BCUT2D eigenvalue weighted by Crippen LogP contribution is 2.19. The maximum absolute atomic E-state index is 12.2. The number of benzene rings is 1. The molecule has 7 heteroatoms. The van der Waals surface area contributed by atoms with Gasteiger partial charge in [0.15, 0.2) is 5.78 Å². The van der Waals surface area contributed by atoms with Crippen LogP contribution in [-0.2, 0) is 7.05 Å². The maximum Gasteiger partial charge on any atom is 0.214 e. The summed E-state index contributed by atoms with van der Waals surface area (Å²) < 4.78 is 3.45. The largest absolute Gasteiger partial charge is 0.348 e. The molecule has 0 aliphatic heterocycles. The van der Waals surface area contributed by atoms with Crippen LogP contribution in [0.25, 0.3) is 5.69 Å². The minimum absolute atomic E-state index is 0.0518. The van der Waals surface area contributed by atoms with E-state index in [1.807, 2.05) is 61.1 Å². The summed E-state index contributed by atoms with van der Waals surface area (Å²) in [6.07, 6.45) is 1.86. The van der Waals surface area contributed by atoms with Gasteiger partial charge < -0.3 is 4.57 Å². The summed E-state index contributed by atoms with van der Waals surface area (Å²) in [7, 11) is 1.86. The second-order valence-corrected chi connectivity index (χ2v) is 5.87. The summed E-state index contributed by atoms with van der Waals surface area (Å²) in [6, 6.07) is 11.6. The van der Waals surface area contributed by atoms with Crippen LogP contribution >= 0.6 is 11.8 Å². The molecule has 0 N–H and O–H groups in total. The number of Topliss-reactive ketones (excluding diaryl/α,β-unsaturated/α-hetero) is 1. The molecule has 1 aromatic carbocycles. The number of carbonyl (C=O) groups excluding carboxylic acids is 1. The van der Waals surface area contributed by atoms with Crippen molar-refractivity contribution in [2.75, 3.05) is 5.75 Å². The lowest BCUT2D eigenvalue weighted by molar-refractivity contribution is 0.101. The lowest BCUT2D eigenvalue weighted by Crippen LogP contribution is -2.08. The second kappa shape index (κ2) is 6.15. The van der Waals surface area contributed by atoms with Crippen molar-refractivity contribution in [1.82, 2.24) is 24.8 Å². The smallest absolute Gasteiger partial charge is 0.214 e. The molecule has 0 amide bonds. The molecule has 22 heavy (non-hydrogen) atoms. The first-order valence-corrected chi connectivity index (χ1v) is 7.76. The van der Waals surface area contributed by atoms with E-state index in [4.69, 9.17) is 0 Å². The monoisotopic (exact) mass is 313 g/mol. The van der Waals surface area contributed by atoms with Gasteiger partial charge in [-0.15, -0.1) is 5.10 Å². The van der Waals surface area contributed by atoms with E-state index >= 15 is 0 Å². The number of aromatic nitrogens is 5. The molecule has 112 valence electrons. The van der Waals surface area contributed by atoms with Crippen LogP contribution in [0.4, 0.5) is 0 Å². The summed E-state index contributed by atoms with van der Waals surface area (Å²) in [5.41, 5.74) is 2.73. The van der Waals surface area contributed by atoms with Gasteiger partial charge in [0.05, 0.1) is 17.1 Å². The molecule has 0 saturated carbocycles. The van der Waals surface area contributed by atoms with Gasteiger partial charge in [0.1, 0.15) is 0 Å². The first-order chi connectivity index (χ1) is 10.6. The molecule has 3 rings (SSSR count). The minimum Gasteiger partial charge on any atom is -0.348 e. The van der Waals surface area contributed by atoms with E-state index in [-0.39, 0.29) is 5.78 Å². The Labute approximate surface area is 132 Å². The zero-order valence-electron chi connectivity index (χ0n) is 12.3. The number of rotatable bonds is 5. The molecule has 0 bridgehead atoms. The number of hydrogen-bond donors (Lipinski definition) is 0. The van der Waals surface area contributed by atoms with Crippen LogP contribution in [0.3, 0.4) is 0 Å². The van der Waals surface area contributed by atoms with Crippen LogP contribution in [0.2, 0.25) is 0 Å². The van der Waals surface area contributed by atoms with Gasteiger partial charge in [0.2, 0.25) is 5.16 Å². The molecule has 0 spiro atoms. The summed E-state index contributed by atoms with van der Waals surface area (Å²) in [6.45, 7) is 2.03. The zero-order chi connectivity index (χ0) is 15.5. The fraction of sp³-hybridized carbons (Fsp3) is 0.200. The van der Waals surface area contributed by atoms with Crippen molar-refractivity contribution in [3.05, 3.63) is 53.9 Å². The third kappa shape index (κ3) is 2.94. The molecule has 0 aliphatic rings. The highest BCUT2D eigenvalue weighted by Gasteiger charge is 2.14. The quantitative estimate of drug-likeness (QED) is 0.534. The highest BCUT2D eigenvalue weighted by molar-refractivity contribution is 7.99. The molecule has 0 fully saturated rings. The molecule has 6 nitrogen and oxygen atoms in total. The molecule has 0 aliphatic carbocycles. The zero-order valence-corrected chi connectivity index (χ0v) is 13.1. The van der Waals surface area contributed by atoms with E-state index < -0.39 is 0 Å². The van der Waals surface area contributed by atoms with E-state index in [9.17, 15) is 4.79 Å². The van der Waals surface area contributed by atoms with E-state index in [0.29, 0.717) is 16.6 Å². The van der Waals surface area contributed by atoms with Crippen LogP contribution in [0.15, 0.2) is 47.8 Å². The standard InChI is InChI=1S/C15H15N5OS/c1-11-5-7-12(8-6-11)20-15(16-17-18-20)22-10-14(21)13-4-3-9-19(13)2/h3-9H,10H2,1-2H3. The Balaban J connectivity index is 1.74. The number of tetrazole rings is 1. The van der Waals surface area contributed by atoms with Crippen molar-refractivity contribution >= 4 is 17.5 Å². The third-order valence-corrected chi connectivity index (χ3v) is 4.20. The van der Waals surface area contributed by atoms with Crippen molar-refractivity contribution in [2.24, 2.45) is 7.05 Å². The van der Waals surface area contributed by atoms with Crippen LogP contribution < -0.4 is 0 Å². The molecule has 0 saturated heterocycles. The summed E-state index contributed by atoms with van der Waals surface area (Å²) in [4.78, 5) is 12.2. The number of thioether (sulfide) groups is 1. The molecule has 3 aromatic rings. The molecular formula is C15H15N5OS. The number of nitrogens with zero attached hydrogens (tertiary/aromatic N) is 5. The molecular weight excluding hydrogens is 298 g/mol. The van der Waals surface area contributed by atoms with Gasteiger partial charge in [0.25, 0.3) is 0 Å². The Morgan fingerprint density at radius 2 is 2.00 bits per heavy atom. The number of hydrogen-bond acceptors (Lipinski definition) is 5. The Kier molecular flexibility index (Phi) is 4.06. The number of ketones is 1. The summed E-state index contributed by atoms with van der Waals surface area (Å²) in [5, 5.41) is 12.3. The van der Waals surface area contributed by atoms with Crippen LogP contribution in [-0.4, -0.2) is 36.3 Å². The van der Waals surface area contributed by atoms with Crippen molar-refractivity contribution in [3.8, 4) is 5.69 Å². The van der Waals surface area contributed by atoms with Crippen LogP contribution in [0.5, 0.6) is 0 Å². The van der Waals surface area contributed by atoms with Gasteiger partial charge in [-0.3, -0.25) is 4.79 Å². The molecule has 0 radical (unpaired) electrons. The van der Waals surface area contributed by atoms with Crippen LogP contribution in [0.1, 0.15) is 16.1 Å². The minimum atomic E-state index is 0.0518. The lowest BCUT2D eigenvalue weighted by Gasteiger charge is -2.05. The van der Waals surface area contributed by atoms with Crippen LogP contribution in [0, 0.1) is 6.92 Å². The van der Waals surface area contributed by atoms with Gasteiger partial charge in [-0.1, -0.05) is 29.5 Å². The normalized spacial score (nSPS) is 10.8. The highest BCUT2D eigenvalue weighted by atomic mass is 32.2. The third-order valence-electron chi connectivity index (χ3n) is 3.28. The lowest BCUT2D eigenvalue weighted by atomic mass is 10.2. The first kappa shape index (κ1) is 14.5. The number of carbonyl (C=O) groups is 1. The summed E-state index contributed by atoms with van der Waals surface area (Å²) in [5.74, 6) is 0.348. The second-order valence-electron chi connectivity index (χ2n) is 4.92. The predicted octanol–water partition coefficient (Wildman–Crippen LogP) is 2.28. The van der Waals surface area contributed by atoms with Crippen molar-refractivity contribution in [1.29, 1.82) is 0 Å². The maximum atomic E-state index is 12.2. The average Bonchev–Trinajstić information content (AvgIpc) is 3.14. The number of aryl methyl sites for hydroxylation is 2. The fourth-order valence-electron chi connectivity index (χ4n) is 2.07. The Morgan fingerprint density at radius 1 is 1.23 bits per heavy atom. The molecule has 2 aromatic heterocycles. The van der Waals surface area contributed by atoms with Crippen molar-refractivity contribution < 1.29 is 4.79 Å². The van der Waals surface area contributed by atoms with Gasteiger partial charge in [-0.25, -0.2) is 0 Å². The average molecular weight is 313 g/mol.